The van der Waals surface area contributed by atoms with Crippen LogP contribution in [0.25, 0.3) is 0 Å². The summed E-state index contributed by atoms with van der Waals surface area (Å²) < 4.78 is 1.20. The van der Waals surface area contributed by atoms with Gasteiger partial charge in [0.15, 0.2) is 11.4 Å². The van der Waals surface area contributed by atoms with Gasteiger partial charge in [-0.15, -0.1) is 5.10 Å². The van der Waals surface area contributed by atoms with Gasteiger partial charge in [0, 0.05) is 21.2 Å². The van der Waals surface area contributed by atoms with Crippen LogP contribution >= 0.6 is 23.2 Å². The first-order chi connectivity index (χ1) is 18.3. The van der Waals surface area contributed by atoms with Gasteiger partial charge in [-0.3, -0.25) is 40.9 Å². The van der Waals surface area contributed by atoms with Gasteiger partial charge in [-0.25, -0.2) is 4.68 Å². The third-order valence-electron chi connectivity index (χ3n) is 5.13. The lowest BCUT2D eigenvalue weighted by atomic mass is 10.2. The van der Waals surface area contributed by atoms with E-state index in [0.29, 0.717) is 10.0 Å². The average Bonchev–Trinajstić information content (AvgIpc) is 3.35. The van der Waals surface area contributed by atoms with E-state index in [1.54, 1.807) is 24.3 Å². The van der Waals surface area contributed by atoms with E-state index in [9.17, 15) is 19.2 Å². The Hall–Kier alpha value is -4.74. The number of rotatable bonds is 6. The molecule has 0 aliphatic carbocycles. The maximum atomic E-state index is 13.1. The lowest BCUT2D eigenvalue weighted by Gasteiger charge is -2.11. The molecule has 4 aromatic rings. The SMILES string of the molecule is O=C(NNC(=O)c1nnn(Cc2ccccc2)c1C(=O)NNC(=O)c1ccc(Cl)cc1)c1ccc(Cl)cc1. The molecule has 1 aromatic heterocycles. The Balaban J connectivity index is 1.51. The van der Waals surface area contributed by atoms with Crippen molar-refractivity contribution in [1.82, 2.24) is 36.7 Å². The second kappa shape index (κ2) is 12.0. The molecule has 0 aliphatic heterocycles. The highest BCUT2D eigenvalue weighted by atomic mass is 35.5. The summed E-state index contributed by atoms with van der Waals surface area (Å²) >= 11 is 11.7. The van der Waals surface area contributed by atoms with Gasteiger partial charge >= 0.3 is 0 Å². The summed E-state index contributed by atoms with van der Waals surface area (Å²) in [6, 6.07) is 21.0. The molecule has 11 nitrogen and oxygen atoms in total. The maximum absolute atomic E-state index is 13.1. The van der Waals surface area contributed by atoms with Crippen LogP contribution in [0.3, 0.4) is 0 Å². The highest BCUT2D eigenvalue weighted by Crippen LogP contribution is 2.12. The van der Waals surface area contributed by atoms with Gasteiger partial charge in [0.2, 0.25) is 0 Å². The average molecular weight is 552 g/mol. The summed E-state index contributed by atoms with van der Waals surface area (Å²) in [5.74, 6) is -2.99. The molecule has 0 spiro atoms. The monoisotopic (exact) mass is 551 g/mol. The van der Waals surface area contributed by atoms with E-state index < -0.39 is 23.6 Å². The summed E-state index contributed by atoms with van der Waals surface area (Å²) in [4.78, 5) is 50.7. The van der Waals surface area contributed by atoms with Crippen molar-refractivity contribution in [1.29, 1.82) is 0 Å². The van der Waals surface area contributed by atoms with Crippen molar-refractivity contribution in [2.24, 2.45) is 0 Å². The van der Waals surface area contributed by atoms with E-state index in [1.165, 1.54) is 53.2 Å². The van der Waals surface area contributed by atoms with E-state index in [1.807, 2.05) is 6.07 Å². The van der Waals surface area contributed by atoms with Crippen LogP contribution in [0.15, 0.2) is 78.9 Å². The van der Waals surface area contributed by atoms with Crippen LogP contribution in [0, 0.1) is 0 Å². The smallest absolute Gasteiger partial charge is 0.267 e. The quantitative estimate of drug-likeness (QED) is 0.271. The summed E-state index contributed by atoms with van der Waals surface area (Å²) in [5, 5.41) is 8.66. The number of aromatic nitrogens is 3. The molecule has 0 radical (unpaired) electrons. The van der Waals surface area contributed by atoms with Crippen LogP contribution in [-0.4, -0.2) is 38.6 Å². The summed E-state index contributed by atoms with van der Waals surface area (Å²) in [6.07, 6.45) is 0. The number of nitrogens with one attached hydrogen (secondary N) is 4. The van der Waals surface area contributed by atoms with E-state index >= 15 is 0 Å². The van der Waals surface area contributed by atoms with Gasteiger partial charge in [-0.1, -0.05) is 58.7 Å². The molecule has 4 amide bonds. The Morgan fingerprint density at radius 2 is 1.11 bits per heavy atom. The van der Waals surface area contributed by atoms with Crippen LogP contribution in [0.4, 0.5) is 0 Å². The van der Waals surface area contributed by atoms with Crippen molar-refractivity contribution < 1.29 is 19.2 Å². The number of carbonyl (C=O) groups excluding carboxylic acids is 4. The Kier molecular flexibility index (Phi) is 8.31. The van der Waals surface area contributed by atoms with Crippen LogP contribution in [0.5, 0.6) is 0 Å². The molecule has 0 fully saturated rings. The number of benzene rings is 3. The number of hydrazine groups is 2. The minimum atomic E-state index is -0.902. The second-order valence-electron chi connectivity index (χ2n) is 7.76. The van der Waals surface area contributed by atoms with E-state index in [4.69, 9.17) is 23.2 Å². The fourth-order valence-electron chi connectivity index (χ4n) is 3.25. The molecule has 192 valence electrons. The molecule has 3 aromatic carbocycles. The van der Waals surface area contributed by atoms with Crippen molar-refractivity contribution >= 4 is 46.8 Å². The van der Waals surface area contributed by atoms with Crippen molar-refractivity contribution in [3.63, 3.8) is 0 Å². The molecule has 0 atom stereocenters. The fraction of sp³-hybridized carbons (Fsp3) is 0.0400. The molecular weight excluding hydrogens is 533 g/mol. The molecular formula is C25H19Cl2N7O4. The third-order valence-corrected chi connectivity index (χ3v) is 5.64. The molecule has 0 saturated heterocycles. The lowest BCUT2D eigenvalue weighted by Crippen LogP contribution is -2.45. The number of nitrogens with zero attached hydrogens (tertiary/aromatic N) is 3. The first-order valence-corrected chi connectivity index (χ1v) is 11.8. The van der Waals surface area contributed by atoms with Crippen LogP contribution in [-0.2, 0) is 6.54 Å². The Morgan fingerprint density at radius 1 is 0.632 bits per heavy atom. The van der Waals surface area contributed by atoms with Crippen molar-refractivity contribution in [2.45, 2.75) is 6.54 Å². The standard InChI is InChI=1S/C25H19Cl2N7O4/c26-18-10-6-16(7-11-18)22(35)29-31-24(37)20-21(34(33-28-20)14-15-4-2-1-3-5-15)25(38)32-30-23(36)17-8-12-19(27)13-9-17/h1-13H,14H2,(H,29,35)(H,30,36)(H,31,37)(H,32,38). The summed E-state index contributed by atoms with van der Waals surface area (Å²) in [6.45, 7) is 0.103. The maximum Gasteiger partial charge on any atom is 0.292 e. The lowest BCUT2D eigenvalue weighted by molar-refractivity contribution is 0.0825. The first kappa shape index (κ1) is 26.3. The molecule has 4 N–H and O–H groups in total. The van der Waals surface area contributed by atoms with Crippen LogP contribution < -0.4 is 21.7 Å². The fourth-order valence-corrected chi connectivity index (χ4v) is 3.50. The van der Waals surface area contributed by atoms with Gasteiger partial charge in [0.1, 0.15) is 0 Å². The molecule has 1 heterocycles. The predicted molar refractivity (Wildman–Crippen MR) is 138 cm³/mol. The zero-order valence-corrected chi connectivity index (χ0v) is 21.0. The first-order valence-electron chi connectivity index (χ1n) is 11.0. The third kappa shape index (κ3) is 6.52. The summed E-state index contributed by atoms with van der Waals surface area (Å²) in [7, 11) is 0. The minimum absolute atomic E-state index is 0.103. The molecule has 13 heteroatoms. The molecule has 4 rings (SSSR count). The van der Waals surface area contributed by atoms with Crippen molar-refractivity contribution in [3.8, 4) is 0 Å². The number of hydrogen-bond acceptors (Lipinski definition) is 6. The summed E-state index contributed by atoms with van der Waals surface area (Å²) in [5.41, 5.74) is 9.64. The largest absolute Gasteiger partial charge is 0.292 e. The van der Waals surface area contributed by atoms with Crippen LogP contribution in [0.2, 0.25) is 10.0 Å². The topological polar surface area (TPSA) is 147 Å². The van der Waals surface area contributed by atoms with Crippen LogP contribution in [0.1, 0.15) is 47.3 Å². The Labute approximate surface area is 226 Å². The molecule has 0 bridgehead atoms. The zero-order valence-electron chi connectivity index (χ0n) is 19.4. The highest BCUT2D eigenvalue weighted by Gasteiger charge is 2.26. The second-order valence-corrected chi connectivity index (χ2v) is 8.63. The van der Waals surface area contributed by atoms with Gasteiger partial charge in [0.05, 0.1) is 6.54 Å². The van der Waals surface area contributed by atoms with Crippen molar-refractivity contribution in [2.75, 3.05) is 0 Å². The molecule has 0 saturated carbocycles. The molecule has 0 unspecified atom stereocenters. The molecule has 0 aliphatic rings. The van der Waals surface area contributed by atoms with Gasteiger partial charge in [0.25, 0.3) is 23.6 Å². The van der Waals surface area contributed by atoms with E-state index in [0.717, 1.165) is 5.56 Å². The van der Waals surface area contributed by atoms with E-state index in [-0.39, 0.29) is 29.1 Å². The van der Waals surface area contributed by atoms with Gasteiger partial charge in [-0.05, 0) is 54.1 Å². The number of amides is 4. The number of carbonyl (C=O) groups is 4. The van der Waals surface area contributed by atoms with Crippen molar-refractivity contribution in [3.05, 3.63) is 117 Å². The normalized spacial score (nSPS) is 10.4. The number of halogens is 2. The van der Waals surface area contributed by atoms with Gasteiger partial charge in [-0.2, -0.15) is 0 Å². The Morgan fingerprint density at radius 3 is 1.63 bits per heavy atom. The highest BCUT2D eigenvalue weighted by molar-refractivity contribution is 6.31. The Bertz CT molecular complexity index is 1470. The predicted octanol–water partition coefficient (Wildman–Crippen LogP) is 2.78. The molecule has 38 heavy (non-hydrogen) atoms. The van der Waals surface area contributed by atoms with Gasteiger partial charge < -0.3 is 0 Å². The minimum Gasteiger partial charge on any atom is -0.267 e. The van der Waals surface area contributed by atoms with E-state index in [2.05, 4.69) is 32.0 Å². The number of hydrogen-bond donors (Lipinski definition) is 4. The zero-order chi connectivity index (χ0) is 27.1.